The van der Waals surface area contributed by atoms with Gasteiger partial charge in [0, 0.05) is 13.7 Å². The minimum absolute atomic E-state index is 0.00136. The summed E-state index contributed by atoms with van der Waals surface area (Å²) in [6.07, 6.45) is -0.379. The van der Waals surface area contributed by atoms with Crippen molar-refractivity contribution in [3.05, 3.63) is 0 Å². The highest BCUT2D eigenvalue weighted by molar-refractivity contribution is 6.08. The maximum Gasteiger partial charge on any atom is 0.325 e. The minimum atomic E-state index is -0.951. The number of imide groups is 1. The van der Waals surface area contributed by atoms with Gasteiger partial charge in [0.15, 0.2) is 0 Å². The number of carbonyl (C=O) groups excluding carboxylic acids is 3. The van der Waals surface area contributed by atoms with Gasteiger partial charge in [-0.25, -0.2) is 4.79 Å². The number of carbonyl (C=O) groups is 3. The van der Waals surface area contributed by atoms with Crippen LogP contribution in [-0.2, 0) is 14.3 Å². The van der Waals surface area contributed by atoms with Crippen LogP contribution in [0.2, 0.25) is 0 Å². The summed E-state index contributed by atoms with van der Waals surface area (Å²) in [4.78, 5) is 36.3. The number of hydrogen-bond acceptors (Lipinski definition) is 5. The quantitative estimate of drug-likeness (QED) is 0.511. The summed E-state index contributed by atoms with van der Waals surface area (Å²) in [6, 6.07) is -0.577. The maximum atomic E-state index is 12.0. The smallest absolute Gasteiger partial charge is 0.325 e. The topological polar surface area (TPSA) is 108 Å². The lowest BCUT2D eigenvalue weighted by Gasteiger charge is -2.19. The van der Waals surface area contributed by atoms with Crippen molar-refractivity contribution in [3.8, 4) is 0 Å². The van der Waals surface area contributed by atoms with Gasteiger partial charge in [-0.3, -0.25) is 14.5 Å². The van der Waals surface area contributed by atoms with E-state index in [-0.39, 0.29) is 19.7 Å². The monoisotopic (exact) mass is 287 g/mol. The zero-order chi connectivity index (χ0) is 15.3. The molecule has 2 unspecified atom stereocenters. The summed E-state index contributed by atoms with van der Waals surface area (Å²) in [7, 11) is 1.43. The van der Waals surface area contributed by atoms with E-state index in [0.29, 0.717) is 6.42 Å². The third-order valence-electron chi connectivity index (χ3n) is 3.25. The third kappa shape index (κ3) is 3.67. The standard InChI is InChI=1S/C12H21N3O5/c1-4-12(2)10(18)15(11(19)14-12)6-9(17)13-5-8(16)7-20-3/h8,16H,4-7H2,1-3H3,(H,13,17)(H,14,19). The van der Waals surface area contributed by atoms with Crippen LogP contribution in [0.15, 0.2) is 0 Å². The van der Waals surface area contributed by atoms with Crippen LogP contribution in [0.4, 0.5) is 4.79 Å². The fourth-order valence-corrected chi connectivity index (χ4v) is 1.81. The van der Waals surface area contributed by atoms with Gasteiger partial charge in [-0.05, 0) is 13.3 Å². The molecule has 0 saturated carbocycles. The first-order valence-electron chi connectivity index (χ1n) is 6.42. The predicted molar refractivity (Wildman–Crippen MR) is 69.8 cm³/mol. The Kier molecular flexibility index (Phi) is 5.46. The molecule has 0 aromatic rings. The highest BCUT2D eigenvalue weighted by atomic mass is 16.5. The second kappa shape index (κ2) is 6.67. The molecule has 8 heteroatoms. The molecule has 1 aliphatic rings. The Labute approximate surface area is 117 Å². The van der Waals surface area contributed by atoms with Crippen LogP contribution in [0.3, 0.4) is 0 Å². The minimum Gasteiger partial charge on any atom is -0.389 e. The molecular formula is C12H21N3O5. The van der Waals surface area contributed by atoms with Crippen LogP contribution in [0.5, 0.6) is 0 Å². The summed E-state index contributed by atoms with van der Waals surface area (Å²) >= 11 is 0. The van der Waals surface area contributed by atoms with Crippen LogP contribution >= 0.6 is 0 Å². The molecule has 0 aromatic carbocycles. The van der Waals surface area contributed by atoms with Gasteiger partial charge in [0.25, 0.3) is 5.91 Å². The van der Waals surface area contributed by atoms with Gasteiger partial charge in [-0.15, -0.1) is 0 Å². The number of urea groups is 1. The van der Waals surface area contributed by atoms with E-state index in [2.05, 4.69) is 10.6 Å². The number of amides is 4. The number of methoxy groups -OCH3 is 1. The highest BCUT2D eigenvalue weighted by Gasteiger charge is 2.46. The number of ether oxygens (including phenoxy) is 1. The molecule has 3 N–H and O–H groups in total. The van der Waals surface area contributed by atoms with Crippen molar-refractivity contribution < 1.29 is 24.2 Å². The van der Waals surface area contributed by atoms with Crippen LogP contribution < -0.4 is 10.6 Å². The summed E-state index contributed by atoms with van der Waals surface area (Å²) in [5.74, 6) is -0.929. The molecule has 4 amide bonds. The van der Waals surface area contributed by atoms with Crippen molar-refractivity contribution in [2.75, 3.05) is 26.8 Å². The van der Waals surface area contributed by atoms with E-state index in [1.165, 1.54) is 7.11 Å². The first kappa shape index (κ1) is 16.4. The molecule has 1 rings (SSSR count). The van der Waals surface area contributed by atoms with Gasteiger partial charge in [-0.2, -0.15) is 0 Å². The molecule has 0 aromatic heterocycles. The molecule has 8 nitrogen and oxygen atoms in total. The average molecular weight is 287 g/mol. The molecule has 0 radical (unpaired) electrons. The van der Waals surface area contributed by atoms with Gasteiger partial charge in [0.2, 0.25) is 5.91 Å². The highest BCUT2D eigenvalue weighted by Crippen LogP contribution is 2.20. The number of rotatable bonds is 7. The van der Waals surface area contributed by atoms with Crippen LogP contribution in [-0.4, -0.2) is 66.3 Å². The Balaban J connectivity index is 2.50. The Bertz CT molecular complexity index is 401. The third-order valence-corrected chi connectivity index (χ3v) is 3.25. The van der Waals surface area contributed by atoms with Gasteiger partial charge in [-0.1, -0.05) is 6.92 Å². The maximum absolute atomic E-state index is 12.0. The van der Waals surface area contributed by atoms with E-state index in [1.54, 1.807) is 13.8 Å². The first-order valence-corrected chi connectivity index (χ1v) is 6.42. The van der Waals surface area contributed by atoms with E-state index in [4.69, 9.17) is 4.74 Å². The van der Waals surface area contributed by atoms with E-state index in [1.807, 2.05) is 0 Å². The van der Waals surface area contributed by atoms with Gasteiger partial charge in [0.1, 0.15) is 12.1 Å². The van der Waals surface area contributed by atoms with Crippen LogP contribution in [0.25, 0.3) is 0 Å². The van der Waals surface area contributed by atoms with Crippen LogP contribution in [0, 0.1) is 0 Å². The van der Waals surface area contributed by atoms with E-state index < -0.39 is 29.5 Å². The van der Waals surface area contributed by atoms with Crippen molar-refractivity contribution in [2.24, 2.45) is 0 Å². The van der Waals surface area contributed by atoms with Gasteiger partial charge >= 0.3 is 6.03 Å². The number of aliphatic hydroxyl groups excluding tert-OH is 1. The molecule has 0 aliphatic carbocycles. The molecule has 0 bridgehead atoms. The Morgan fingerprint density at radius 1 is 1.55 bits per heavy atom. The molecule has 20 heavy (non-hydrogen) atoms. The predicted octanol–water partition coefficient (Wildman–Crippen LogP) is -1.17. The van der Waals surface area contributed by atoms with Gasteiger partial charge in [0.05, 0.1) is 12.7 Å². The Hall–Kier alpha value is -1.67. The van der Waals surface area contributed by atoms with E-state index in [0.717, 1.165) is 4.90 Å². The normalized spacial score (nSPS) is 23.7. The molecule has 0 spiro atoms. The van der Waals surface area contributed by atoms with Crippen molar-refractivity contribution in [1.29, 1.82) is 0 Å². The molecule has 1 fully saturated rings. The molecule has 1 aliphatic heterocycles. The fraction of sp³-hybridized carbons (Fsp3) is 0.750. The molecule has 1 heterocycles. The van der Waals surface area contributed by atoms with Crippen molar-refractivity contribution in [2.45, 2.75) is 31.9 Å². The number of nitrogens with zero attached hydrogens (tertiary/aromatic N) is 1. The number of hydrogen-bond donors (Lipinski definition) is 3. The van der Waals surface area contributed by atoms with Gasteiger partial charge < -0.3 is 20.5 Å². The summed E-state index contributed by atoms with van der Waals surface area (Å²) in [5, 5.41) is 14.4. The summed E-state index contributed by atoms with van der Waals surface area (Å²) < 4.78 is 4.72. The van der Waals surface area contributed by atoms with Crippen molar-refractivity contribution in [1.82, 2.24) is 15.5 Å². The number of nitrogens with one attached hydrogen (secondary N) is 2. The fourth-order valence-electron chi connectivity index (χ4n) is 1.81. The van der Waals surface area contributed by atoms with Crippen molar-refractivity contribution >= 4 is 17.8 Å². The lowest BCUT2D eigenvalue weighted by Crippen LogP contribution is -2.45. The summed E-state index contributed by atoms with van der Waals surface area (Å²) in [5.41, 5.74) is -0.951. The van der Waals surface area contributed by atoms with E-state index in [9.17, 15) is 19.5 Å². The van der Waals surface area contributed by atoms with E-state index >= 15 is 0 Å². The second-order valence-electron chi connectivity index (χ2n) is 4.92. The first-order chi connectivity index (χ1) is 9.34. The zero-order valence-electron chi connectivity index (χ0n) is 11.9. The summed E-state index contributed by atoms with van der Waals surface area (Å²) in [6.45, 7) is 3.13. The SMILES string of the molecule is CCC1(C)NC(=O)N(CC(=O)NCC(O)COC)C1=O. The largest absolute Gasteiger partial charge is 0.389 e. The average Bonchev–Trinajstić information content (AvgIpc) is 2.61. The molecular weight excluding hydrogens is 266 g/mol. The molecule has 1 saturated heterocycles. The second-order valence-corrected chi connectivity index (χ2v) is 4.92. The lowest BCUT2D eigenvalue weighted by molar-refractivity contribution is -0.134. The Morgan fingerprint density at radius 3 is 2.70 bits per heavy atom. The number of aliphatic hydroxyl groups is 1. The zero-order valence-corrected chi connectivity index (χ0v) is 11.9. The molecule has 2 atom stereocenters. The van der Waals surface area contributed by atoms with Crippen LogP contribution in [0.1, 0.15) is 20.3 Å². The molecule has 114 valence electrons. The lowest BCUT2D eigenvalue weighted by atomic mass is 9.99. The Morgan fingerprint density at radius 2 is 2.20 bits per heavy atom. The van der Waals surface area contributed by atoms with Crippen molar-refractivity contribution in [3.63, 3.8) is 0 Å².